The molecule has 2 N–H and O–H groups in total. The van der Waals surface area contributed by atoms with Crippen LogP contribution in [0.4, 0.5) is 0 Å². The van der Waals surface area contributed by atoms with Crippen molar-refractivity contribution < 1.29 is 15.0 Å². The zero-order valence-electron chi connectivity index (χ0n) is 11.3. The fourth-order valence-corrected chi connectivity index (χ4v) is 2.83. The Morgan fingerprint density at radius 1 is 1.37 bits per heavy atom. The first-order chi connectivity index (χ1) is 9.06. The molecule has 0 radical (unpaired) electrons. The zero-order valence-corrected chi connectivity index (χ0v) is 11.3. The Hall–Kier alpha value is -1.39. The highest BCUT2D eigenvalue weighted by molar-refractivity contribution is 5.89. The van der Waals surface area contributed by atoms with Crippen LogP contribution in [-0.4, -0.2) is 41.3 Å². The van der Waals surface area contributed by atoms with Crippen LogP contribution >= 0.6 is 0 Å². The number of benzene rings is 1. The maximum atomic E-state index is 11.2. The van der Waals surface area contributed by atoms with E-state index < -0.39 is 5.97 Å². The SMILES string of the molecule is CN(Cc1ccccc1C(=O)O)CC1(CO)CCC1. The quantitative estimate of drug-likeness (QED) is 0.824. The topological polar surface area (TPSA) is 60.8 Å². The molecule has 0 atom stereocenters. The second-order valence-corrected chi connectivity index (χ2v) is 5.65. The summed E-state index contributed by atoms with van der Waals surface area (Å²) in [6.07, 6.45) is 3.31. The molecule has 4 nitrogen and oxygen atoms in total. The molecule has 4 heteroatoms. The molecule has 1 aliphatic carbocycles. The van der Waals surface area contributed by atoms with Crippen LogP contribution in [-0.2, 0) is 6.54 Å². The lowest BCUT2D eigenvalue weighted by molar-refractivity contribution is 0.0126. The summed E-state index contributed by atoms with van der Waals surface area (Å²) >= 11 is 0. The summed E-state index contributed by atoms with van der Waals surface area (Å²) in [4.78, 5) is 13.3. The summed E-state index contributed by atoms with van der Waals surface area (Å²) in [6.45, 7) is 1.64. The zero-order chi connectivity index (χ0) is 13.9. The molecule has 0 heterocycles. The molecule has 19 heavy (non-hydrogen) atoms. The number of hydrogen-bond donors (Lipinski definition) is 2. The molecular weight excluding hydrogens is 242 g/mol. The van der Waals surface area contributed by atoms with Crippen LogP contribution in [0.25, 0.3) is 0 Å². The van der Waals surface area contributed by atoms with Crippen LogP contribution in [0.2, 0.25) is 0 Å². The second-order valence-electron chi connectivity index (χ2n) is 5.65. The first-order valence-electron chi connectivity index (χ1n) is 6.67. The van der Waals surface area contributed by atoms with E-state index in [1.165, 1.54) is 6.42 Å². The van der Waals surface area contributed by atoms with Crippen molar-refractivity contribution in [2.45, 2.75) is 25.8 Å². The van der Waals surface area contributed by atoms with Crippen LogP contribution in [0.5, 0.6) is 0 Å². The molecule has 0 saturated heterocycles. The standard InChI is InChI=1S/C15H21NO3/c1-16(10-15(11-17)7-4-8-15)9-12-5-2-3-6-13(12)14(18)19/h2-3,5-6,17H,4,7-11H2,1H3,(H,18,19). The lowest BCUT2D eigenvalue weighted by Gasteiger charge is -2.43. The molecule has 0 spiro atoms. The third-order valence-corrected chi connectivity index (χ3v) is 4.04. The smallest absolute Gasteiger partial charge is 0.336 e. The Labute approximate surface area is 113 Å². The minimum atomic E-state index is -0.885. The molecule has 2 rings (SSSR count). The van der Waals surface area contributed by atoms with Crippen molar-refractivity contribution in [1.29, 1.82) is 0 Å². The summed E-state index contributed by atoms with van der Waals surface area (Å²) in [6, 6.07) is 7.10. The van der Waals surface area contributed by atoms with Gasteiger partial charge in [0.2, 0.25) is 0 Å². The van der Waals surface area contributed by atoms with Crippen LogP contribution < -0.4 is 0 Å². The number of carboxylic acids is 1. The lowest BCUT2D eigenvalue weighted by Crippen LogP contribution is -2.43. The van der Waals surface area contributed by atoms with E-state index in [4.69, 9.17) is 5.11 Å². The number of carboxylic acid groups (broad SMARTS) is 1. The van der Waals surface area contributed by atoms with Crippen molar-refractivity contribution in [3.63, 3.8) is 0 Å². The summed E-state index contributed by atoms with van der Waals surface area (Å²) in [5.41, 5.74) is 1.22. The van der Waals surface area contributed by atoms with E-state index in [2.05, 4.69) is 4.90 Å². The second kappa shape index (κ2) is 5.72. The molecule has 1 aromatic carbocycles. The average Bonchev–Trinajstić information content (AvgIpc) is 2.34. The van der Waals surface area contributed by atoms with E-state index in [1.807, 2.05) is 19.2 Å². The molecule has 1 fully saturated rings. The molecule has 0 bridgehead atoms. The fraction of sp³-hybridized carbons (Fsp3) is 0.533. The Bertz CT molecular complexity index is 449. The molecule has 0 aliphatic heterocycles. The molecular formula is C15H21NO3. The van der Waals surface area contributed by atoms with Crippen LogP contribution in [0.1, 0.15) is 35.2 Å². The van der Waals surface area contributed by atoms with Gasteiger partial charge in [0.15, 0.2) is 0 Å². The van der Waals surface area contributed by atoms with Gasteiger partial charge in [0, 0.05) is 25.1 Å². The van der Waals surface area contributed by atoms with Crippen molar-refractivity contribution in [3.8, 4) is 0 Å². The average molecular weight is 263 g/mol. The Balaban J connectivity index is 2.02. The normalized spacial score (nSPS) is 17.2. The Morgan fingerprint density at radius 2 is 2.05 bits per heavy atom. The summed E-state index contributed by atoms with van der Waals surface area (Å²) in [5, 5.41) is 18.6. The van der Waals surface area contributed by atoms with Gasteiger partial charge in [-0.3, -0.25) is 0 Å². The van der Waals surface area contributed by atoms with Gasteiger partial charge in [-0.1, -0.05) is 24.6 Å². The minimum absolute atomic E-state index is 0.0346. The molecule has 0 aromatic heterocycles. The van der Waals surface area contributed by atoms with Gasteiger partial charge in [-0.25, -0.2) is 4.79 Å². The highest BCUT2D eigenvalue weighted by atomic mass is 16.4. The van der Waals surface area contributed by atoms with Gasteiger partial charge in [-0.05, 0) is 31.5 Å². The maximum absolute atomic E-state index is 11.2. The summed E-state index contributed by atoms with van der Waals surface area (Å²) < 4.78 is 0. The van der Waals surface area contributed by atoms with Crippen molar-refractivity contribution >= 4 is 5.97 Å². The monoisotopic (exact) mass is 263 g/mol. The number of aliphatic hydroxyl groups excluding tert-OH is 1. The number of aromatic carboxylic acids is 1. The predicted octanol–water partition coefficient (Wildman–Crippen LogP) is 1.98. The van der Waals surface area contributed by atoms with Crippen LogP contribution in [0.3, 0.4) is 0 Å². The minimum Gasteiger partial charge on any atom is -0.478 e. The van der Waals surface area contributed by atoms with Gasteiger partial charge in [0.05, 0.1) is 5.56 Å². The van der Waals surface area contributed by atoms with Gasteiger partial charge < -0.3 is 15.1 Å². The third-order valence-electron chi connectivity index (χ3n) is 4.04. The molecule has 104 valence electrons. The third kappa shape index (κ3) is 3.14. The number of rotatable bonds is 6. The van der Waals surface area contributed by atoms with E-state index >= 15 is 0 Å². The van der Waals surface area contributed by atoms with E-state index in [9.17, 15) is 9.90 Å². The van der Waals surface area contributed by atoms with Crippen LogP contribution in [0, 0.1) is 5.41 Å². The predicted molar refractivity (Wildman–Crippen MR) is 73.1 cm³/mol. The van der Waals surface area contributed by atoms with Gasteiger partial charge in [0.1, 0.15) is 0 Å². The van der Waals surface area contributed by atoms with E-state index in [1.54, 1.807) is 12.1 Å². The number of aliphatic hydroxyl groups is 1. The summed E-state index contributed by atoms with van der Waals surface area (Å²) in [7, 11) is 1.98. The highest BCUT2D eigenvalue weighted by Crippen LogP contribution is 2.41. The summed E-state index contributed by atoms with van der Waals surface area (Å²) in [5.74, 6) is -0.885. The lowest BCUT2D eigenvalue weighted by atomic mass is 9.69. The largest absolute Gasteiger partial charge is 0.478 e. The molecule has 0 amide bonds. The van der Waals surface area contributed by atoms with Crippen molar-refractivity contribution in [2.75, 3.05) is 20.2 Å². The van der Waals surface area contributed by atoms with Crippen LogP contribution in [0.15, 0.2) is 24.3 Å². The van der Waals surface area contributed by atoms with Gasteiger partial charge in [-0.2, -0.15) is 0 Å². The number of carbonyl (C=O) groups is 1. The number of hydrogen-bond acceptors (Lipinski definition) is 3. The Kier molecular flexibility index (Phi) is 4.22. The van der Waals surface area contributed by atoms with E-state index in [0.29, 0.717) is 12.1 Å². The first kappa shape index (κ1) is 14.0. The van der Waals surface area contributed by atoms with Gasteiger partial charge >= 0.3 is 5.97 Å². The van der Waals surface area contributed by atoms with Crippen molar-refractivity contribution in [3.05, 3.63) is 35.4 Å². The molecule has 1 aromatic rings. The van der Waals surface area contributed by atoms with Crippen molar-refractivity contribution in [1.82, 2.24) is 4.90 Å². The van der Waals surface area contributed by atoms with Gasteiger partial charge in [-0.15, -0.1) is 0 Å². The van der Waals surface area contributed by atoms with Crippen molar-refractivity contribution in [2.24, 2.45) is 5.41 Å². The Morgan fingerprint density at radius 3 is 2.58 bits per heavy atom. The molecule has 1 aliphatic rings. The fourth-order valence-electron chi connectivity index (χ4n) is 2.83. The first-order valence-corrected chi connectivity index (χ1v) is 6.67. The maximum Gasteiger partial charge on any atom is 0.336 e. The van der Waals surface area contributed by atoms with E-state index in [-0.39, 0.29) is 12.0 Å². The number of nitrogens with zero attached hydrogens (tertiary/aromatic N) is 1. The molecule has 0 unspecified atom stereocenters. The highest BCUT2D eigenvalue weighted by Gasteiger charge is 2.37. The van der Waals surface area contributed by atoms with E-state index in [0.717, 1.165) is 24.9 Å². The van der Waals surface area contributed by atoms with Gasteiger partial charge in [0.25, 0.3) is 0 Å². The molecule has 1 saturated carbocycles.